The van der Waals surface area contributed by atoms with Crippen LogP contribution in [0.1, 0.15) is 11.3 Å². The summed E-state index contributed by atoms with van der Waals surface area (Å²) in [6, 6.07) is 17.7. The minimum Gasteiger partial charge on any atom is -0.471 e. The fourth-order valence-electron chi connectivity index (χ4n) is 2.02. The number of halogens is 1. The topological polar surface area (TPSA) is 58.8 Å². The highest BCUT2D eigenvalue weighted by Gasteiger charge is 2.10. The van der Waals surface area contributed by atoms with Gasteiger partial charge < -0.3 is 4.74 Å². The Hall–Kier alpha value is -2.20. The van der Waals surface area contributed by atoms with E-state index >= 15 is 0 Å². The van der Waals surface area contributed by atoms with Crippen molar-refractivity contribution in [1.29, 1.82) is 5.26 Å². The summed E-state index contributed by atoms with van der Waals surface area (Å²) in [4.78, 5) is 0. The van der Waals surface area contributed by atoms with Crippen molar-refractivity contribution < 1.29 is 4.74 Å². The third kappa shape index (κ3) is 2.95. The standard InChI is InChI=1S/C16H10IN3O/c17-12-6-7-13-14(8-12)16(20-19-15(13)9-18)21-10-11-4-2-1-3-5-11/h1-8H,10H2. The average Bonchev–Trinajstić information content (AvgIpc) is 2.53. The van der Waals surface area contributed by atoms with E-state index in [1.807, 2.05) is 48.5 Å². The maximum Gasteiger partial charge on any atom is 0.241 e. The highest BCUT2D eigenvalue weighted by atomic mass is 127. The lowest BCUT2D eigenvalue weighted by atomic mass is 10.1. The summed E-state index contributed by atoms with van der Waals surface area (Å²) in [7, 11) is 0. The van der Waals surface area contributed by atoms with Crippen LogP contribution in [0.25, 0.3) is 10.8 Å². The van der Waals surface area contributed by atoms with Crippen LogP contribution in [0, 0.1) is 14.9 Å². The van der Waals surface area contributed by atoms with Gasteiger partial charge in [0.25, 0.3) is 0 Å². The molecule has 0 saturated carbocycles. The fraction of sp³-hybridized carbons (Fsp3) is 0.0625. The van der Waals surface area contributed by atoms with Gasteiger partial charge in [-0.15, -0.1) is 10.2 Å². The number of benzene rings is 2. The molecule has 4 nitrogen and oxygen atoms in total. The molecule has 0 unspecified atom stereocenters. The van der Waals surface area contributed by atoms with Crippen LogP contribution in [0.4, 0.5) is 0 Å². The van der Waals surface area contributed by atoms with Gasteiger partial charge in [-0.1, -0.05) is 36.4 Å². The Bertz CT molecular complexity index is 828. The first kappa shape index (κ1) is 13.8. The van der Waals surface area contributed by atoms with E-state index in [1.54, 1.807) is 0 Å². The third-order valence-electron chi connectivity index (χ3n) is 3.03. The molecule has 1 aromatic heterocycles. The van der Waals surface area contributed by atoms with Crippen molar-refractivity contribution in [3.63, 3.8) is 0 Å². The number of ether oxygens (including phenoxy) is 1. The molecular formula is C16H10IN3O. The maximum absolute atomic E-state index is 9.11. The number of rotatable bonds is 3. The molecule has 5 heteroatoms. The van der Waals surface area contributed by atoms with Gasteiger partial charge >= 0.3 is 0 Å². The molecule has 0 spiro atoms. The zero-order chi connectivity index (χ0) is 14.7. The van der Waals surface area contributed by atoms with E-state index in [-0.39, 0.29) is 0 Å². The molecule has 3 aromatic rings. The van der Waals surface area contributed by atoms with Gasteiger partial charge in [-0.3, -0.25) is 0 Å². The minimum absolute atomic E-state index is 0.313. The molecule has 0 fully saturated rings. The summed E-state index contributed by atoms with van der Waals surface area (Å²) < 4.78 is 6.83. The van der Waals surface area contributed by atoms with E-state index in [9.17, 15) is 0 Å². The van der Waals surface area contributed by atoms with Crippen LogP contribution in [0.15, 0.2) is 48.5 Å². The first-order valence-corrected chi connectivity index (χ1v) is 7.38. The van der Waals surface area contributed by atoms with Gasteiger partial charge in [-0.05, 0) is 40.3 Å². The predicted molar refractivity (Wildman–Crippen MR) is 87.7 cm³/mol. The van der Waals surface area contributed by atoms with Gasteiger partial charge in [0, 0.05) is 14.3 Å². The van der Waals surface area contributed by atoms with Crippen LogP contribution in [0.2, 0.25) is 0 Å². The molecule has 0 atom stereocenters. The Kier molecular flexibility index (Phi) is 3.97. The monoisotopic (exact) mass is 387 g/mol. The number of nitriles is 1. The lowest BCUT2D eigenvalue weighted by molar-refractivity contribution is 0.294. The van der Waals surface area contributed by atoms with Crippen molar-refractivity contribution in [2.45, 2.75) is 6.61 Å². The van der Waals surface area contributed by atoms with Crippen molar-refractivity contribution in [1.82, 2.24) is 10.2 Å². The van der Waals surface area contributed by atoms with Crippen LogP contribution in [0.5, 0.6) is 5.88 Å². The number of aromatic nitrogens is 2. The first-order chi connectivity index (χ1) is 10.3. The van der Waals surface area contributed by atoms with Crippen molar-refractivity contribution >= 4 is 33.4 Å². The molecule has 0 N–H and O–H groups in total. The molecular weight excluding hydrogens is 377 g/mol. The lowest BCUT2D eigenvalue weighted by Gasteiger charge is -2.08. The van der Waals surface area contributed by atoms with E-state index in [4.69, 9.17) is 10.00 Å². The second-order valence-corrected chi connectivity index (χ2v) is 5.68. The zero-order valence-corrected chi connectivity index (χ0v) is 13.1. The predicted octanol–water partition coefficient (Wildman–Crippen LogP) is 3.69. The van der Waals surface area contributed by atoms with Crippen LogP contribution < -0.4 is 4.74 Å². The molecule has 0 radical (unpaired) electrons. The van der Waals surface area contributed by atoms with Crippen molar-refractivity contribution in [2.75, 3.05) is 0 Å². The first-order valence-electron chi connectivity index (χ1n) is 6.30. The molecule has 0 bridgehead atoms. The van der Waals surface area contributed by atoms with Crippen LogP contribution in [0.3, 0.4) is 0 Å². The molecule has 0 saturated heterocycles. The van der Waals surface area contributed by atoms with Gasteiger partial charge in [0.1, 0.15) is 12.7 Å². The quantitative estimate of drug-likeness (QED) is 0.644. The minimum atomic E-state index is 0.313. The molecule has 0 aliphatic heterocycles. The maximum atomic E-state index is 9.11. The molecule has 1 heterocycles. The Balaban J connectivity index is 1.99. The Morgan fingerprint density at radius 1 is 1.05 bits per heavy atom. The summed E-state index contributed by atoms with van der Waals surface area (Å²) in [6.45, 7) is 0.419. The second kappa shape index (κ2) is 6.06. The Morgan fingerprint density at radius 3 is 2.62 bits per heavy atom. The van der Waals surface area contributed by atoms with Gasteiger partial charge in [-0.2, -0.15) is 5.26 Å². The molecule has 0 amide bonds. The summed E-state index contributed by atoms with van der Waals surface area (Å²) in [5, 5.41) is 18.6. The van der Waals surface area contributed by atoms with E-state index in [0.29, 0.717) is 18.2 Å². The third-order valence-corrected chi connectivity index (χ3v) is 3.70. The van der Waals surface area contributed by atoms with Gasteiger partial charge in [0.05, 0.1) is 0 Å². The SMILES string of the molecule is N#Cc1nnc(OCc2ccccc2)c2cc(I)ccc12. The molecule has 0 aliphatic rings. The largest absolute Gasteiger partial charge is 0.471 e. The Labute approximate surface area is 135 Å². The van der Waals surface area contributed by atoms with Crippen LogP contribution in [-0.4, -0.2) is 10.2 Å². The number of nitrogens with zero attached hydrogens (tertiary/aromatic N) is 3. The molecule has 0 aliphatic carbocycles. The smallest absolute Gasteiger partial charge is 0.241 e. The fourth-order valence-corrected chi connectivity index (χ4v) is 2.51. The van der Waals surface area contributed by atoms with Crippen LogP contribution in [-0.2, 0) is 6.61 Å². The summed E-state index contributed by atoms with van der Waals surface area (Å²) in [5.41, 5.74) is 1.37. The van der Waals surface area contributed by atoms with Crippen LogP contribution >= 0.6 is 22.6 Å². The number of hydrogen-bond donors (Lipinski definition) is 0. The van der Waals surface area contributed by atoms with E-state index in [2.05, 4.69) is 38.9 Å². The second-order valence-electron chi connectivity index (χ2n) is 4.43. The zero-order valence-electron chi connectivity index (χ0n) is 11.0. The van der Waals surface area contributed by atoms with E-state index in [0.717, 1.165) is 19.9 Å². The number of hydrogen-bond acceptors (Lipinski definition) is 4. The normalized spacial score (nSPS) is 10.3. The molecule has 102 valence electrons. The summed E-state index contributed by atoms with van der Waals surface area (Å²) in [6.07, 6.45) is 0. The molecule has 3 rings (SSSR count). The van der Waals surface area contributed by atoms with Gasteiger partial charge in [0.15, 0.2) is 5.69 Å². The molecule has 2 aromatic carbocycles. The molecule has 21 heavy (non-hydrogen) atoms. The average molecular weight is 387 g/mol. The van der Waals surface area contributed by atoms with Crippen molar-refractivity contribution in [3.05, 3.63) is 63.4 Å². The highest BCUT2D eigenvalue weighted by Crippen LogP contribution is 2.27. The van der Waals surface area contributed by atoms with Gasteiger partial charge in [-0.25, -0.2) is 0 Å². The van der Waals surface area contributed by atoms with Gasteiger partial charge in [0.2, 0.25) is 5.88 Å². The van der Waals surface area contributed by atoms with E-state index < -0.39 is 0 Å². The van der Waals surface area contributed by atoms with E-state index in [1.165, 1.54) is 0 Å². The Morgan fingerprint density at radius 2 is 1.86 bits per heavy atom. The number of fused-ring (bicyclic) bond motifs is 1. The summed E-state index contributed by atoms with van der Waals surface area (Å²) >= 11 is 2.22. The van der Waals surface area contributed by atoms with Crippen molar-refractivity contribution in [2.24, 2.45) is 0 Å². The lowest BCUT2D eigenvalue weighted by Crippen LogP contribution is -2.01. The van der Waals surface area contributed by atoms with Crippen molar-refractivity contribution in [3.8, 4) is 11.9 Å². The highest BCUT2D eigenvalue weighted by molar-refractivity contribution is 14.1. The summed E-state index contributed by atoms with van der Waals surface area (Å²) in [5.74, 6) is 0.450.